The number of hydrogen-bond acceptors (Lipinski definition) is 6. The molecule has 1 N–H and O–H groups in total. The minimum Gasteiger partial charge on any atom is -0.374 e. The summed E-state index contributed by atoms with van der Waals surface area (Å²) < 4.78 is 61.6. The summed E-state index contributed by atoms with van der Waals surface area (Å²) in [7, 11) is -0.798. The molecule has 2 saturated heterocycles. The van der Waals surface area contributed by atoms with E-state index in [1.54, 1.807) is 7.11 Å². The lowest BCUT2D eigenvalue weighted by Gasteiger charge is -2.53. The van der Waals surface area contributed by atoms with Gasteiger partial charge in [-0.1, -0.05) is 29.3 Å². The Morgan fingerprint density at radius 2 is 1.97 bits per heavy atom. The summed E-state index contributed by atoms with van der Waals surface area (Å²) in [6.07, 6.45) is 0.998. The summed E-state index contributed by atoms with van der Waals surface area (Å²) >= 11 is 12.6. The van der Waals surface area contributed by atoms with Gasteiger partial charge in [-0.25, -0.2) is 17.8 Å². The zero-order valence-electron chi connectivity index (χ0n) is 17.4. The van der Waals surface area contributed by atoms with Gasteiger partial charge in [0.25, 0.3) is 10.0 Å². The molecule has 7 nitrogen and oxygen atoms in total. The van der Waals surface area contributed by atoms with Crippen molar-refractivity contribution in [2.45, 2.75) is 16.9 Å². The summed E-state index contributed by atoms with van der Waals surface area (Å²) in [6, 6.07) is 4.59. The summed E-state index contributed by atoms with van der Waals surface area (Å²) in [5.74, 6) is -1.95. The number of ether oxygens (including phenoxy) is 1. The molecule has 2 aliphatic heterocycles. The molecular formula is C20H22Cl2F2N4O3S. The highest BCUT2D eigenvalue weighted by atomic mass is 35.5. The van der Waals surface area contributed by atoms with Gasteiger partial charge in [-0.2, -0.15) is 4.39 Å². The van der Waals surface area contributed by atoms with Gasteiger partial charge in [0.2, 0.25) is 5.95 Å². The Morgan fingerprint density at radius 3 is 2.56 bits per heavy atom. The highest BCUT2D eigenvalue weighted by Crippen LogP contribution is 2.45. The molecule has 0 aliphatic carbocycles. The van der Waals surface area contributed by atoms with Crippen molar-refractivity contribution in [3.05, 3.63) is 46.1 Å². The molecular weight excluding hydrogens is 485 g/mol. The Morgan fingerprint density at radius 1 is 1.25 bits per heavy atom. The number of nitrogens with zero attached hydrogens (tertiary/aromatic N) is 3. The van der Waals surface area contributed by atoms with E-state index in [4.69, 9.17) is 27.9 Å². The molecule has 0 radical (unpaired) electrons. The molecule has 0 bridgehead atoms. The number of anilines is 2. The average Bonchev–Trinajstić information content (AvgIpc) is 3.11. The third kappa shape index (κ3) is 4.14. The van der Waals surface area contributed by atoms with Gasteiger partial charge in [-0.3, -0.25) is 4.72 Å². The molecule has 1 unspecified atom stereocenters. The molecule has 32 heavy (non-hydrogen) atoms. The molecule has 2 fully saturated rings. The molecule has 2 aromatic rings. The first-order valence-corrected chi connectivity index (χ1v) is 12.1. The largest absolute Gasteiger partial charge is 0.374 e. The standard InChI is InChI=1S/C20H22Cl2F2N4O3S/c1-27-7-6-12(9-27)20(31-2)10-28(11-20)14-8-13(23)19(18(22)17(14)21)32(29,30)26-16-5-3-4-15(24)25-16/h3-5,8,12H,6-7,9-11H2,1-2H3,(H,25,26). The number of benzene rings is 1. The van der Waals surface area contributed by atoms with Crippen molar-refractivity contribution in [2.24, 2.45) is 5.92 Å². The number of aromatic nitrogens is 1. The van der Waals surface area contributed by atoms with Crippen LogP contribution >= 0.6 is 23.2 Å². The zero-order chi connectivity index (χ0) is 23.3. The van der Waals surface area contributed by atoms with Gasteiger partial charge >= 0.3 is 0 Å². The second-order valence-corrected chi connectivity index (χ2v) is 10.5. The van der Waals surface area contributed by atoms with Gasteiger partial charge in [-0.15, -0.1) is 0 Å². The van der Waals surface area contributed by atoms with Crippen molar-refractivity contribution in [3.63, 3.8) is 0 Å². The summed E-state index contributed by atoms with van der Waals surface area (Å²) in [5, 5.41) is -0.546. The zero-order valence-corrected chi connectivity index (χ0v) is 19.7. The van der Waals surface area contributed by atoms with Crippen LogP contribution < -0.4 is 9.62 Å². The van der Waals surface area contributed by atoms with E-state index in [1.165, 1.54) is 12.1 Å². The first-order valence-electron chi connectivity index (χ1n) is 9.88. The number of sulfonamides is 1. The lowest BCUT2D eigenvalue weighted by atomic mass is 9.79. The van der Waals surface area contributed by atoms with Crippen LogP contribution in [0.3, 0.4) is 0 Å². The van der Waals surface area contributed by atoms with Crippen molar-refractivity contribution >= 4 is 44.7 Å². The number of methoxy groups -OCH3 is 1. The number of pyridine rings is 1. The monoisotopic (exact) mass is 506 g/mol. The summed E-state index contributed by atoms with van der Waals surface area (Å²) in [6.45, 7) is 2.85. The molecule has 2 aliphatic rings. The van der Waals surface area contributed by atoms with Gasteiger partial charge in [0, 0.05) is 38.7 Å². The van der Waals surface area contributed by atoms with Gasteiger partial charge in [0.1, 0.15) is 22.1 Å². The van der Waals surface area contributed by atoms with E-state index in [0.29, 0.717) is 19.0 Å². The fourth-order valence-corrected chi connectivity index (χ4v) is 6.35. The van der Waals surface area contributed by atoms with Crippen LogP contribution in [0.15, 0.2) is 29.2 Å². The maximum atomic E-state index is 15.0. The molecule has 12 heteroatoms. The lowest BCUT2D eigenvalue weighted by molar-refractivity contribution is -0.0752. The highest BCUT2D eigenvalue weighted by molar-refractivity contribution is 7.92. The number of hydrogen-bond donors (Lipinski definition) is 1. The van der Waals surface area contributed by atoms with E-state index >= 15 is 0 Å². The van der Waals surface area contributed by atoms with Crippen molar-refractivity contribution in [1.29, 1.82) is 0 Å². The van der Waals surface area contributed by atoms with Crippen molar-refractivity contribution in [2.75, 3.05) is 50.0 Å². The third-order valence-electron chi connectivity index (χ3n) is 6.12. The van der Waals surface area contributed by atoms with Crippen LogP contribution in [0.5, 0.6) is 0 Å². The van der Waals surface area contributed by atoms with Gasteiger partial charge in [0.15, 0.2) is 0 Å². The van der Waals surface area contributed by atoms with Gasteiger partial charge in [0.05, 0.1) is 15.7 Å². The van der Waals surface area contributed by atoms with E-state index in [0.717, 1.165) is 31.6 Å². The lowest BCUT2D eigenvalue weighted by Crippen LogP contribution is -2.67. The van der Waals surface area contributed by atoms with Gasteiger partial charge in [-0.05, 0) is 32.1 Å². The molecule has 1 aromatic heterocycles. The number of likely N-dealkylation sites (tertiary alicyclic amines) is 1. The van der Waals surface area contributed by atoms with Crippen LogP contribution in [0.25, 0.3) is 0 Å². The Kier molecular flexibility index (Phi) is 6.28. The SMILES string of the molecule is COC1(C2CCN(C)C2)CN(c2cc(F)c(S(=O)(=O)Nc3cccc(F)n3)c(Cl)c2Cl)C1. The first kappa shape index (κ1) is 23.4. The van der Waals surface area contributed by atoms with E-state index in [1.807, 2.05) is 9.62 Å². The van der Waals surface area contributed by atoms with Crippen molar-refractivity contribution in [1.82, 2.24) is 9.88 Å². The maximum Gasteiger partial charge on any atom is 0.267 e. The molecule has 0 amide bonds. The highest BCUT2D eigenvalue weighted by Gasteiger charge is 2.51. The average molecular weight is 507 g/mol. The number of halogens is 4. The summed E-state index contributed by atoms with van der Waals surface area (Å²) in [5.41, 5.74) is -0.0946. The minimum atomic E-state index is -4.51. The van der Waals surface area contributed by atoms with Crippen LogP contribution in [0.1, 0.15) is 6.42 Å². The quantitative estimate of drug-likeness (QED) is 0.476. The predicted octanol–water partition coefficient (Wildman–Crippen LogP) is 3.62. The number of nitrogens with one attached hydrogen (secondary N) is 1. The van der Waals surface area contributed by atoms with Gasteiger partial charge < -0.3 is 14.5 Å². The second-order valence-electron chi connectivity index (χ2n) is 8.16. The second kappa shape index (κ2) is 8.57. The van der Waals surface area contributed by atoms with Crippen LogP contribution in [-0.4, -0.2) is 64.2 Å². The first-order chi connectivity index (χ1) is 15.1. The molecule has 0 saturated carbocycles. The normalized spacial score (nSPS) is 20.9. The van der Waals surface area contributed by atoms with Crippen LogP contribution in [0, 0.1) is 17.7 Å². The van der Waals surface area contributed by atoms with Crippen molar-refractivity contribution < 1.29 is 21.9 Å². The number of rotatable bonds is 6. The fraction of sp³-hybridized carbons (Fsp3) is 0.450. The Hall–Kier alpha value is -1.72. The smallest absolute Gasteiger partial charge is 0.267 e. The Labute approximate surface area is 195 Å². The molecule has 174 valence electrons. The van der Waals surface area contributed by atoms with Crippen molar-refractivity contribution in [3.8, 4) is 0 Å². The van der Waals surface area contributed by atoms with Crippen LogP contribution in [0.2, 0.25) is 10.0 Å². The van der Waals surface area contributed by atoms with Crippen LogP contribution in [-0.2, 0) is 14.8 Å². The minimum absolute atomic E-state index is 0.0890. The van der Waals surface area contributed by atoms with E-state index in [2.05, 4.69) is 16.9 Å². The van der Waals surface area contributed by atoms with E-state index in [9.17, 15) is 17.2 Å². The third-order valence-corrected chi connectivity index (χ3v) is 8.50. The van der Waals surface area contributed by atoms with E-state index in [-0.39, 0.29) is 22.1 Å². The van der Waals surface area contributed by atoms with E-state index < -0.39 is 31.7 Å². The molecule has 3 heterocycles. The summed E-state index contributed by atoms with van der Waals surface area (Å²) in [4.78, 5) is 6.65. The fourth-order valence-electron chi connectivity index (χ4n) is 4.38. The molecule has 0 spiro atoms. The predicted molar refractivity (Wildman–Crippen MR) is 119 cm³/mol. The maximum absolute atomic E-state index is 15.0. The Bertz CT molecular complexity index is 1150. The molecule has 4 rings (SSSR count). The molecule has 1 aromatic carbocycles. The topological polar surface area (TPSA) is 74.8 Å². The van der Waals surface area contributed by atoms with Crippen LogP contribution in [0.4, 0.5) is 20.3 Å². The Balaban J connectivity index is 1.60. The molecule has 1 atom stereocenters.